The zero-order valence-electron chi connectivity index (χ0n) is 22.0. The number of carboxylic acid groups (broad SMARTS) is 4. The Bertz CT molecular complexity index is 1540. The molecule has 0 radical (unpaired) electrons. The quantitative estimate of drug-likeness (QED) is 0.182. The van der Waals surface area contributed by atoms with Crippen LogP contribution in [0.15, 0.2) is 72.8 Å². The Balaban J connectivity index is 1.67. The van der Waals surface area contributed by atoms with Crippen molar-refractivity contribution in [1.29, 1.82) is 0 Å². The monoisotopic (exact) mass is 571 g/mol. The zero-order chi connectivity index (χ0) is 30.2. The van der Waals surface area contributed by atoms with Gasteiger partial charge in [0, 0.05) is 19.5 Å². The first-order valence-electron chi connectivity index (χ1n) is 12.6. The van der Waals surface area contributed by atoms with Crippen molar-refractivity contribution >= 4 is 23.9 Å². The number of carboxylic acids is 4. The van der Waals surface area contributed by atoms with Crippen molar-refractivity contribution in [3.05, 3.63) is 95.6 Å². The molecule has 4 N–H and O–H groups in total. The lowest BCUT2D eigenvalue weighted by atomic mass is 10.1. The molecule has 0 bridgehead atoms. The molecule has 0 fully saturated rings. The van der Waals surface area contributed by atoms with Crippen molar-refractivity contribution < 1.29 is 39.6 Å². The summed E-state index contributed by atoms with van der Waals surface area (Å²) in [6.45, 7) is -0.0244. The van der Waals surface area contributed by atoms with Crippen LogP contribution in [0.25, 0.3) is 22.8 Å². The Morgan fingerprint density at radius 2 is 1.00 bits per heavy atom. The highest BCUT2D eigenvalue weighted by Gasteiger charge is 2.28. The van der Waals surface area contributed by atoms with E-state index in [-0.39, 0.29) is 37.3 Å². The highest BCUT2D eigenvalue weighted by atomic mass is 16.4. The van der Waals surface area contributed by atoms with E-state index in [4.69, 9.17) is 0 Å². The van der Waals surface area contributed by atoms with Crippen molar-refractivity contribution in [1.82, 2.24) is 24.8 Å². The maximum absolute atomic E-state index is 12.3. The molecular weight excluding hydrogens is 546 g/mol. The van der Waals surface area contributed by atoms with Crippen LogP contribution in [-0.4, -0.2) is 75.2 Å². The van der Waals surface area contributed by atoms with E-state index in [1.165, 1.54) is 17.0 Å². The van der Waals surface area contributed by atoms with Crippen LogP contribution in [-0.2, 0) is 22.7 Å². The lowest BCUT2D eigenvalue weighted by Gasteiger charge is -2.28. The maximum Gasteiger partial charge on any atom is 0.354 e. The molecule has 1 atom stereocenters. The summed E-state index contributed by atoms with van der Waals surface area (Å²) in [5.41, 5.74) is 1.93. The molecule has 42 heavy (non-hydrogen) atoms. The first kappa shape index (κ1) is 29.4. The predicted molar refractivity (Wildman–Crippen MR) is 146 cm³/mol. The molecule has 13 heteroatoms. The van der Waals surface area contributed by atoms with Crippen LogP contribution in [0.4, 0.5) is 0 Å². The van der Waals surface area contributed by atoms with E-state index in [9.17, 15) is 39.6 Å². The third-order valence-corrected chi connectivity index (χ3v) is 6.16. The summed E-state index contributed by atoms with van der Waals surface area (Å²) in [6.07, 6.45) is -0.569. The second-order valence-electron chi connectivity index (χ2n) is 9.15. The van der Waals surface area contributed by atoms with Gasteiger partial charge in [0.1, 0.15) is 17.4 Å². The maximum atomic E-state index is 12.3. The molecule has 4 rings (SSSR count). The number of nitrogens with zero attached hydrogens (tertiary/aromatic N) is 5. The van der Waals surface area contributed by atoms with Gasteiger partial charge >= 0.3 is 23.9 Å². The Hall–Kier alpha value is -5.56. The van der Waals surface area contributed by atoms with E-state index in [1.54, 1.807) is 60.7 Å². The van der Waals surface area contributed by atoms with Gasteiger partial charge < -0.3 is 20.4 Å². The number of pyridine rings is 4. The predicted octanol–water partition coefficient (Wildman–Crippen LogP) is 3.32. The highest BCUT2D eigenvalue weighted by molar-refractivity contribution is 5.86. The Morgan fingerprint density at radius 1 is 0.595 bits per heavy atom. The van der Waals surface area contributed by atoms with Crippen molar-refractivity contribution in [3.63, 3.8) is 0 Å². The number of aromatic carboxylic acids is 2. The average molecular weight is 572 g/mol. The molecule has 214 valence electrons. The summed E-state index contributed by atoms with van der Waals surface area (Å²) in [6, 6.07) is 17.8. The van der Waals surface area contributed by atoms with Crippen LogP contribution in [0, 0.1) is 0 Å². The van der Waals surface area contributed by atoms with Crippen molar-refractivity contribution in [2.24, 2.45) is 0 Å². The van der Waals surface area contributed by atoms with E-state index in [0.29, 0.717) is 34.2 Å². The van der Waals surface area contributed by atoms with Gasteiger partial charge in [-0.25, -0.2) is 29.5 Å². The molecular formula is C29H25N5O8. The summed E-state index contributed by atoms with van der Waals surface area (Å²) < 4.78 is 0. The van der Waals surface area contributed by atoms with Gasteiger partial charge in [-0.3, -0.25) is 14.5 Å². The van der Waals surface area contributed by atoms with Gasteiger partial charge in [0.2, 0.25) is 0 Å². The molecule has 4 aromatic heterocycles. The highest BCUT2D eigenvalue weighted by Crippen LogP contribution is 2.21. The van der Waals surface area contributed by atoms with Gasteiger partial charge in [0.15, 0.2) is 0 Å². The number of aromatic nitrogens is 4. The number of carbonyl (C=O) groups is 4. The summed E-state index contributed by atoms with van der Waals surface area (Å²) in [7, 11) is 0. The minimum atomic E-state index is -1.23. The second kappa shape index (κ2) is 13.2. The first-order chi connectivity index (χ1) is 20.1. The molecule has 0 saturated heterocycles. The van der Waals surface area contributed by atoms with Crippen LogP contribution < -0.4 is 0 Å². The average Bonchev–Trinajstić information content (AvgIpc) is 2.97. The lowest BCUT2D eigenvalue weighted by Crippen LogP contribution is -2.41. The van der Waals surface area contributed by atoms with Gasteiger partial charge in [-0.05, 0) is 55.0 Å². The lowest BCUT2D eigenvalue weighted by molar-refractivity contribution is -0.145. The zero-order valence-corrected chi connectivity index (χ0v) is 22.0. The van der Waals surface area contributed by atoms with Gasteiger partial charge in [-0.15, -0.1) is 0 Å². The summed E-state index contributed by atoms with van der Waals surface area (Å²) in [5.74, 6) is -4.76. The fourth-order valence-corrected chi connectivity index (χ4v) is 4.23. The Morgan fingerprint density at radius 3 is 1.38 bits per heavy atom. The molecule has 0 amide bonds. The topological polar surface area (TPSA) is 204 Å². The van der Waals surface area contributed by atoms with Crippen LogP contribution in [0.3, 0.4) is 0 Å². The molecule has 0 aliphatic heterocycles. The largest absolute Gasteiger partial charge is 0.481 e. The Kier molecular flexibility index (Phi) is 9.24. The number of hydrogen-bond acceptors (Lipinski definition) is 9. The van der Waals surface area contributed by atoms with Crippen LogP contribution in [0.2, 0.25) is 0 Å². The van der Waals surface area contributed by atoms with Crippen LogP contribution in [0.1, 0.15) is 45.2 Å². The van der Waals surface area contributed by atoms with Crippen molar-refractivity contribution in [2.45, 2.75) is 32.0 Å². The molecule has 0 saturated carbocycles. The third kappa shape index (κ3) is 7.55. The third-order valence-electron chi connectivity index (χ3n) is 6.16. The fraction of sp³-hybridized carbons (Fsp3) is 0.172. The van der Waals surface area contributed by atoms with E-state index >= 15 is 0 Å². The van der Waals surface area contributed by atoms with Crippen LogP contribution >= 0.6 is 0 Å². The first-order valence-corrected chi connectivity index (χ1v) is 12.6. The van der Waals surface area contributed by atoms with Crippen LogP contribution in [0.5, 0.6) is 0 Å². The van der Waals surface area contributed by atoms with Crippen molar-refractivity contribution in [3.8, 4) is 22.8 Å². The van der Waals surface area contributed by atoms with E-state index < -0.39 is 29.9 Å². The summed E-state index contributed by atoms with van der Waals surface area (Å²) in [4.78, 5) is 65.2. The molecule has 13 nitrogen and oxygen atoms in total. The normalized spacial score (nSPS) is 11.6. The van der Waals surface area contributed by atoms with Gasteiger partial charge in [0.25, 0.3) is 0 Å². The Labute approximate surface area is 238 Å². The van der Waals surface area contributed by atoms with E-state index in [0.717, 1.165) is 0 Å². The number of aliphatic carboxylic acids is 2. The fourth-order valence-electron chi connectivity index (χ4n) is 4.23. The van der Waals surface area contributed by atoms with Gasteiger partial charge in [-0.1, -0.05) is 24.3 Å². The van der Waals surface area contributed by atoms with E-state index in [1.807, 2.05) is 0 Å². The smallest absolute Gasteiger partial charge is 0.354 e. The summed E-state index contributed by atoms with van der Waals surface area (Å²) >= 11 is 0. The number of rotatable bonds is 13. The molecule has 0 spiro atoms. The minimum absolute atomic E-state index is 0.0122. The molecule has 0 aromatic carbocycles. The van der Waals surface area contributed by atoms with E-state index in [2.05, 4.69) is 19.9 Å². The molecule has 4 aromatic rings. The molecule has 1 unspecified atom stereocenters. The number of hydrogen-bond donors (Lipinski definition) is 4. The molecule has 0 aliphatic rings. The minimum Gasteiger partial charge on any atom is -0.481 e. The van der Waals surface area contributed by atoms with Gasteiger partial charge in [-0.2, -0.15) is 0 Å². The molecule has 0 aliphatic carbocycles. The summed E-state index contributed by atoms with van der Waals surface area (Å²) in [5, 5.41) is 37.8. The van der Waals surface area contributed by atoms with Crippen molar-refractivity contribution in [2.75, 3.05) is 0 Å². The van der Waals surface area contributed by atoms with Gasteiger partial charge in [0.05, 0.1) is 34.2 Å². The molecule has 4 heterocycles. The second-order valence-corrected chi connectivity index (χ2v) is 9.15. The SMILES string of the molecule is O=C(O)CCC(C(=O)O)N(Cc1cccc(-c2cccc(C(=O)O)n2)n1)Cc1cccc(-c2cccc(C(=O)O)n2)n1. The standard InChI is InChI=1S/C29H25N5O8/c35-26(36)14-13-25(29(41)42)34(15-17-5-1-7-19(30-17)21-9-3-11-23(32-21)27(37)38)16-18-6-2-8-20(31-18)22-10-4-12-24(33-22)28(39)40/h1-12,25H,13-16H2,(H,35,36)(H,37,38)(H,39,40)(H,41,42).